The summed E-state index contributed by atoms with van der Waals surface area (Å²) < 4.78 is 0. The number of hydrogen-bond acceptors (Lipinski definition) is 3. The number of carboxylic acids is 1. The fourth-order valence-electron chi connectivity index (χ4n) is 5.42. The van der Waals surface area contributed by atoms with E-state index in [0.29, 0.717) is 26.1 Å². The van der Waals surface area contributed by atoms with Crippen LogP contribution in [0.1, 0.15) is 58.8 Å². The summed E-state index contributed by atoms with van der Waals surface area (Å²) in [6, 6.07) is 21.1. The molecule has 2 aliphatic rings. The third-order valence-corrected chi connectivity index (χ3v) is 7.54. The number of carbonyl (C=O) groups is 3. The summed E-state index contributed by atoms with van der Waals surface area (Å²) in [5.41, 5.74) is 6.45. The van der Waals surface area contributed by atoms with Gasteiger partial charge in [-0.3, -0.25) is 9.59 Å². The van der Waals surface area contributed by atoms with Crippen LogP contribution in [0.2, 0.25) is 0 Å². The minimum absolute atomic E-state index is 0.00437. The minimum atomic E-state index is -0.961. The van der Waals surface area contributed by atoms with Gasteiger partial charge in [-0.25, -0.2) is 4.79 Å². The first kappa shape index (κ1) is 24.8. The van der Waals surface area contributed by atoms with E-state index in [9.17, 15) is 19.5 Å². The number of hydrogen-bond donors (Lipinski definition) is 2. The fourth-order valence-corrected chi connectivity index (χ4v) is 5.42. The average Bonchev–Trinajstić information content (AvgIpc) is 3.72. The Morgan fingerprint density at radius 3 is 2.51 bits per heavy atom. The van der Waals surface area contributed by atoms with Crippen LogP contribution < -0.4 is 5.32 Å². The first-order valence-electron chi connectivity index (χ1n) is 12.9. The molecule has 0 spiro atoms. The Morgan fingerprint density at radius 2 is 1.78 bits per heavy atom. The normalized spacial score (nSPS) is 18.3. The molecule has 1 aliphatic heterocycles. The van der Waals surface area contributed by atoms with Crippen LogP contribution in [-0.4, -0.2) is 34.3 Å². The Bertz CT molecular complexity index is 1350. The molecule has 6 nitrogen and oxygen atoms in total. The largest absolute Gasteiger partial charge is 0.478 e. The molecule has 37 heavy (non-hydrogen) atoms. The Kier molecular flexibility index (Phi) is 6.83. The summed E-state index contributed by atoms with van der Waals surface area (Å²) in [5.74, 6) is -0.606. The van der Waals surface area contributed by atoms with Crippen molar-refractivity contribution in [1.29, 1.82) is 0 Å². The van der Waals surface area contributed by atoms with Gasteiger partial charge in [0.1, 0.15) is 0 Å². The van der Waals surface area contributed by atoms with E-state index in [4.69, 9.17) is 0 Å². The number of amides is 2. The van der Waals surface area contributed by atoms with E-state index in [2.05, 4.69) is 17.4 Å². The topological polar surface area (TPSA) is 86.7 Å². The van der Waals surface area contributed by atoms with Crippen molar-refractivity contribution in [2.75, 3.05) is 6.54 Å². The van der Waals surface area contributed by atoms with Crippen molar-refractivity contribution in [3.63, 3.8) is 0 Å². The van der Waals surface area contributed by atoms with Crippen molar-refractivity contribution >= 4 is 17.8 Å². The zero-order chi connectivity index (χ0) is 26.1. The fraction of sp³-hybridized carbons (Fsp3) is 0.323. The Labute approximate surface area is 217 Å². The van der Waals surface area contributed by atoms with Crippen LogP contribution in [0.5, 0.6) is 0 Å². The summed E-state index contributed by atoms with van der Waals surface area (Å²) in [6.45, 7) is 5.32. The molecule has 1 fully saturated rings. The first-order chi connectivity index (χ1) is 17.8. The predicted octanol–water partition coefficient (Wildman–Crippen LogP) is 5.01. The predicted molar refractivity (Wildman–Crippen MR) is 142 cm³/mol. The molecule has 2 N–H and O–H groups in total. The van der Waals surface area contributed by atoms with Gasteiger partial charge in [0.2, 0.25) is 11.8 Å². The lowest BCUT2D eigenvalue weighted by Crippen LogP contribution is -2.39. The number of carbonyl (C=O) groups excluding carboxylic acids is 2. The van der Waals surface area contributed by atoms with E-state index in [1.165, 1.54) is 5.56 Å². The van der Waals surface area contributed by atoms with Gasteiger partial charge in [-0.2, -0.15) is 0 Å². The second kappa shape index (κ2) is 10.2. The molecule has 190 valence electrons. The first-order valence-corrected chi connectivity index (χ1v) is 12.9. The molecule has 1 heterocycles. The SMILES string of the molecule is CC(C)C(=O)N1CCc2c(-c3cccc(C(=O)O)c3)ccc(CNC(=O)C3CC3c3ccccc3)c2C1. The highest BCUT2D eigenvalue weighted by Gasteiger charge is 2.43. The van der Waals surface area contributed by atoms with Crippen molar-refractivity contribution in [3.05, 3.63) is 94.5 Å². The van der Waals surface area contributed by atoms with Crippen LogP contribution in [-0.2, 0) is 29.1 Å². The summed E-state index contributed by atoms with van der Waals surface area (Å²) in [6.07, 6.45) is 1.55. The van der Waals surface area contributed by atoms with E-state index in [-0.39, 0.29) is 35.1 Å². The van der Waals surface area contributed by atoms with Gasteiger partial charge in [0.15, 0.2) is 0 Å². The monoisotopic (exact) mass is 496 g/mol. The minimum Gasteiger partial charge on any atom is -0.478 e. The van der Waals surface area contributed by atoms with E-state index in [0.717, 1.165) is 34.2 Å². The van der Waals surface area contributed by atoms with Crippen molar-refractivity contribution < 1.29 is 19.5 Å². The van der Waals surface area contributed by atoms with Gasteiger partial charge < -0.3 is 15.3 Å². The van der Waals surface area contributed by atoms with Crippen LogP contribution in [0.25, 0.3) is 11.1 Å². The number of nitrogens with zero attached hydrogens (tertiary/aromatic N) is 1. The second-order valence-corrected chi connectivity index (χ2v) is 10.4. The van der Waals surface area contributed by atoms with Gasteiger partial charge in [-0.15, -0.1) is 0 Å². The van der Waals surface area contributed by atoms with Gasteiger partial charge >= 0.3 is 5.97 Å². The maximum atomic E-state index is 13.0. The Hall–Kier alpha value is -3.93. The second-order valence-electron chi connectivity index (χ2n) is 10.4. The molecule has 2 amide bonds. The summed E-state index contributed by atoms with van der Waals surface area (Å²) >= 11 is 0. The number of carboxylic acid groups (broad SMARTS) is 1. The maximum absolute atomic E-state index is 13.0. The van der Waals surface area contributed by atoms with Crippen molar-refractivity contribution in [2.45, 2.75) is 45.7 Å². The van der Waals surface area contributed by atoms with E-state index < -0.39 is 5.97 Å². The molecule has 2 atom stereocenters. The summed E-state index contributed by atoms with van der Waals surface area (Å²) in [7, 11) is 0. The number of aromatic carboxylic acids is 1. The van der Waals surface area contributed by atoms with Crippen LogP contribution in [0.4, 0.5) is 0 Å². The Balaban J connectivity index is 1.40. The Morgan fingerprint density at radius 1 is 1.00 bits per heavy atom. The van der Waals surface area contributed by atoms with Gasteiger partial charge in [0, 0.05) is 31.5 Å². The molecule has 0 aromatic heterocycles. The number of benzene rings is 3. The van der Waals surface area contributed by atoms with Crippen molar-refractivity contribution in [1.82, 2.24) is 10.2 Å². The molecule has 0 bridgehead atoms. The third kappa shape index (κ3) is 5.15. The molecule has 6 heteroatoms. The van der Waals surface area contributed by atoms with Crippen molar-refractivity contribution in [3.8, 4) is 11.1 Å². The van der Waals surface area contributed by atoms with Crippen molar-refractivity contribution in [2.24, 2.45) is 11.8 Å². The molecule has 2 unspecified atom stereocenters. The molecule has 5 rings (SSSR count). The molecular formula is C31H32N2O4. The number of nitrogens with one attached hydrogen (secondary N) is 1. The standard InChI is InChI=1S/C31H32N2O4/c1-19(2)30(35)33-14-13-25-24(21-9-6-10-22(15-21)31(36)37)12-11-23(28(25)18-33)17-32-29(34)27-16-26(27)20-7-4-3-5-8-20/h3-12,15,19,26-27H,13-14,16-18H2,1-2H3,(H,32,34)(H,36,37). The lowest BCUT2D eigenvalue weighted by molar-refractivity contribution is -0.135. The molecular weight excluding hydrogens is 464 g/mol. The van der Waals surface area contributed by atoms with Gasteiger partial charge in [0.05, 0.1) is 5.56 Å². The van der Waals surface area contributed by atoms with E-state index >= 15 is 0 Å². The highest BCUT2D eigenvalue weighted by Crippen LogP contribution is 2.47. The average molecular weight is 497 g/mol. The van der Waals surface area contributed by atoms with Gasteiger partial charge in [0.25, 0.3) is 0 Å². The van der Waals surface area contributed by atoms with E-state index in [1.807, 2.05) is 55.1 Å². The van der Waals surface area contributed by atoms with Crippen LogP contribution in [0.15, 0.2) is 66.7 Å². The van der Waals surface area contributed by atoms with Crippen LogP contribution in [0, 0.1) is 11.8 Å². The smallest absolute Gasteiger partial charge is 0.335 e. The van der Waals surface area contributed by atoms with E-state index in [1.54, 1.807) is 18.2 Å². The maximum Gasteiger partial charge on any atom is 0.335 e. The molecule has 1 aliphatic carbocycles. The van der Waals surface area contributed by atoms with Crippen LogP contribution >= 0.6 is 0 Å². The highest BCUT2D eigenvalue weighted by molar-refractivity contribution is 5.90. The molecule has 3 aromatic carbocycles. The summed E-state index contributed by atoms with van der Waals surface area (Å²) in [5, 5.41) is 12.6. The third-order valence-electron chi connectivity index (χ3n) is 7.54. The zero-order valence-corrected chi connectivity index (χ0v) is 21.2. The van der Waals surface area contributed by atoms with Gasteiger partial charge in [-0.05, 0) is 64.3 Å². The van der Waals surface area contributed by atoms with Gasteiger partial charge in [-0.1, -0.05) is 68.4 Å². The van der Waals surface area contributed by atoms with Crippen LogP contribution in [0.3, 0.4) is 0 Å². The molecule has 0 saturated heterocycles. The zero-order valence-electron chi connectivity index (χ0n) is 21.2. The molecule has 0 radical (unpaired) electrons. The highest BCUT2D eigenvalue weighted by atomic mass is 16.4. The lowest BCUT2D eigenvalue weighted by Gasteiger charge is -2.33. The summed E-state index contributed by atoms with van der Waals surface area (Å²) in [4.78, 5) is 39.2. The number of rotatable bonds is 7. The molecule has 1 saturated carbocycles. The number of fused-ring (bicyclic) bond motifs is 1. The lowest BCUT2D eigenvalue weighted by atomic mass is 9.86. The quantitative estimate of drug-likeness (QED) is 0.481. The molecule has 3 aromatic rings.